The van der Waals surface area contributed by atoms with Gasteiger partial charge in [0.25, 0.3) is 5.91 Å². The summed E-state index contributed by atoms with van der Waals surface area (Å²) in [5, 5.41) is 3.64. The second-order valence-corrected chi connectivity index (χ2v) is 6.96. The first-order valence-electron chi connectivity index (χ1n) is 8.83. The molecule has 3 aromatic rings. The molecule has 0 aliphatic rings. The van der Waals surface area contributed by atoms with E-state index in [9.17, 15) is 9.59 Å². The van der Waals surface area contributed by atoms with Crippen molar-refractivity contribution >= 4 is 28.5 Å². The fourth-order valence-electron chi connectivity index (χ4n) is 3.07. The molecule has 1 N–H and O–H groups in total. The van der Waals surface area contributed by atoms with Crippen molar-refractivity contribution in [3.63, 3.8) is 0 Å². The summed E-state index contributed by atoms with van der Waals surface area (Å²) in [7, 11) is 0. The number of ether oxygens (including phenoxy) is 1. The smallest absolute Gasteiger partial charge is 0.310 e. The molecule has 3 rings (SSSR count). The van der Waals surface area contributed by atoms with Gasteiger partial charge >= 0.3 is 5.97 Å². The molecule has 0 bridgehead atoms. The molecule has 0 atom stereocenters. The van der Waals surface area contributed by atoms with Crippen LogP contribution in [-0.2, 0) is 20.7 Å². The summed E-state index contributed by atoms with van der Waals surface area (Å²) < 4.78 is 10.6. The van der Waals surface area contributed by atoms with Crippen molar-refractivity contribution in [2.75, 3.05) is 11.9 Å². The van der Waals surface area contributed by atoms with Crippen molar-refractivity contribution < 1.29 is 18.7 Å². The predicted octanol–water partition coefficient (Wildman–Crippen LogP) is 4.39. The van der Waals surface area contributed by atoms with Crippen LogP contribution in [-0.4, -0.2) is 18.5 Å². The van der Waals surface area contributed by atoms with Crippen LogP contribution >= 0.6 is 0 Å². The highest BCUT2D eigenvalue weighted by atomic mass is 16.5. The van der Waals surface area contributed by atoms with Gasteiger partial charge in [-0.15, -0.1) is 0 Å². The normalized spacial score (nSPS) is 10.8. The van der Waals surface area contributed by atoms with E-state index in [1.807, 2.05) is 58.0 Å². The van der Waals surface area contributed by atoms with Gasteiger partial charge in [-0.3, -0.25) is 9.59 Å². The second-order valence-electron chi connectivity index (χ2n) is 6.96. The maximum absolute atomic E-state index is 12.1. The van der Waals surface area contributed by atoms with Crippen molar-refractivity contribution in [2.45, 2.75) is 34.1 Å². The molecule has 0 aliphatic heterocycles. The molecule has 0 radical (unpaired) electrons. The third kappa shape index (κ3) is 4.56. The van der Waals surface area contributed by atoms with Crippen LogP contribution in [0.2, 0.25) is 0 Å². The first kappa shape index (κ1) is 18.7. The minimum Gasteiger partial charge on any atom is -0.464 e. The Bertz CT molecular complexity index is 996. The Kier molecular flexibility index (Phi) is 5.31. The molecule has 0 saturated carbocycles. The molecule has 0 fully saturated rings. The molecule has 5 nitrogen and oxygen atoms in total. The summed E-state index contributed by atoms with van der Waals surface area (Å²) in [4.78, 5) is 24.2. The standard InChI is InChI=1S/C22H23NO4/c1-13-5-14(2)7-18(6-13)23-21(24)12-27-22(25)10-17-11-26-20-9-16(4)15(3)8-19(17)20/h5-9,11H,10,12H2,1-4H3,(H,23,24). The summed E-state index contributed by atoms with van der Waals surface area (Å²) in [6.45, 7) is 7.63. The monoisotopic (exact) mass is 365 g/mol. The van der Waals surface area contributed by atoms with Gasteiger partial charge in [-0.05, 0) is 74.2 Å². The summed E-state index contributed by atoms with van der Waals surface area (Å²) in [6.07, 6.45) is 1.63. The minimum absolute atomic E-state index is 0.0618. The predicted molar refractivity (Wildman–Crippen MR) is 105 cm³/mol. The molecular weight excluding hydrogens is 342 g/mol. The van der Waals surface area contributed by atoms with Gasteiger partial charge in [0.1, 0.15) is 5.58 Å². The van der Waals surface area contributed by atoms with Gasteiger partial charge in [0.2, 0.25) is 0 Å². The number of furan rings is 1. The summed E-state index contributed by atoms with van der Waals surface area (Å²) in [5.74, 6) is -0.830. The van der Waals surface area contributed by atoms with E-state index in [0.29, 0.717) is 5.69 Å². The van der Waals surface area contributed by atoms with E-state index in [-0.39, 0.29) is 18.9 Å². The van der Waals surface area contributed by atoms with Gasteiger partial charge in [0.15, 0.2) is 6.61 Å². The number of hydrogen-bond acceptors (Lipinski definition) is 4. The zero-order chi connectivity index (χ0) is 19.6. The highest BCUT2D eigenvalue weighted by molar-refractivity contribution is 5.93. The van der Waals surface area contributed by atoms with Crippen molar-refractivity contribution in [3.05, 3.63) is 64.4 Å². The molecule has 140 valence electrons. The molecule has 1 amide bonds. The topological polar surface area (TPSA) is 68.5 Å². The maximum Gasteiger partial charge on any atom is 0.310 e. The lowest BCUT2D eigenvalue weighted by molar-refractivity contribution is -0.146. The average molecular weight is 365 g/mol. The largest absolute Gasteiger partial charge is 0.464 e. The van der Waals surface area contributed by atoms with Crippen molar-refractivity contribution in [1.82, 2.24) is 0 Å². The number of fused-ring (bicyclic) bond motifs is 1. The first-order valence-corrected chi connectivity index (χ1v) is 8.83. The molecule has 27 heavy (non-hydrogen) atoms. The Balaban J connectivity index is 1.58. The van der Waals surface area contributed by atoms with Crippen LogP contribution in [0.3, 0.4) is 0 Å². The van der Waals surface area contributed by atoms with Crippen molar-refractivity contribution in [3.8, 4) is 0 Å². The minimum atomic E-state index is -0.466. The third-order valence-corrected chi connectivity index (χ3v) is 4.47. The number of esters is 1. The number of carbonyl (C=O) groups excluding carboxylic acids is 2. The number of rotatable bonds is 5. The molecule has 1 aromatic heterocycles. The number of hydrogen-bond donors (Lipinski definition) is 1. The Morgan fingerprint density at radius 3 is 2.33 bits per heavy atom. The fourth-order valence-corrected chi connectivity index (χ4v) is 3.07. The van der Waals surface area contributed by atoms with Crippen LogP contribution in [0.15, 0.2) is 41.0 Å². The molecule has 0 aliphatic carbocycles. The molecule has 1 heterocycles. The van der Waals surface area contributed by atoms with E-state index >= 15 is 0 Å². The zero-order valence-corrected chi connectivity index (χ0v) is 16.0. The van der Waals surface area contributed by atoms with Crippen LogP contribution in [0, 0.1) is 27.7 Å². The summed E-state index contributed by atoms with van der Waals surface area (Å²) >= 11 is 0. The van der Waals surface area contributed by atoms with Crippen LogP contribution in [0.25, 0.3) is 11.0 Å². The van der Waals surface area contributed by atoms with Gasteiger partial charge < -0.3 is 14.5 Å². The lowest BCUT2D eigenvalue weighted by Gasteiger charge is -2.08. The van der Waals surface area contributed by atoms with E-state index in [1.165, 1.54) is 0 Å². The average Bonchev–Trinajstić information content (AvgIpc) is 2.94. The Labute approximate surface area is 158 Å². The zero-order valence-electron chi connectivity index (χ0n) is 16.0. The first-order chi connectivity index (χ1) is 12.8. The third-order valence-electron chi connectivity index (χ3n) is 4.47. The highest BCUT2D eigenvalue weighted by Crippen LogP contribution is 2.25. The van der Waals surface area contributed by atoms with Crippen molar-refractivity contribution in [2.24, 2.45) is 0 Å². The van der Waals surface area contributed by atoms with E-state index < -0.39 is 5.97 Å². The van der Waals surface area contributed by atoms with Crippen LogP contribution < -0.4 is 5.32 Å². The number of carbonyl (C=O) groups is 2. The van der Waals surface area contributed by atoms with E-state index in [0.717, 1.165) is 38.8 Å². The second kappa shape index (κ2) is 7.66. The Morgan fingerprint density at radius 1 is 0.963 bits per heavy atom. The van der Waals surface area contributed by atoms with E-state index in [2.05, 4.69) is 5.32 Å². The van der Waals surface area contributed by atoms with E-state index in [1.54, 1.807) is 6.26 Å². The Morgan fingerprint density at radius 2 is 1.63 bits per heavy atom. The quantitative estimate of drug-likeness (QED) is 0.681. The van der Waals surface area contributed by atoms with Crippen LogP contribution in [0.1, 0.15) is 27.8 Å². The fraction of sp³-hybridized carbons (Fsp3) is 0.273. The number of aryl methyl sites for hydroxylation is 4. The maximum atomic E-state index is 12.1. The molecule has 2 aromatic carbocycles. The van der Waals surface area contributed by atoms with Gasteiger partial charge in [-0.2, -0.15) is 0 Å². The highest BCUT2D eigenvalue weighted by Gasteiger charge is 2.14. The Hall–Kier alpha value is -3.08. The van der Waals surface area contributed by atoms with Gasteiger partial charge in [0.05, 0.1) is 12.7 Å². The number of benzene rings is 2. The van der Waals surface area contributed by atoms with E-state index in [4.69, 9.17) is 9.15 Å². The molecule has 0 saturated heterocycles. The molecule has 0 spiro atoms. The number of amides is 1. The molecule has 0 unspecified atom stereocenters. The molecular formula is C22H23NO4. The number of nitrogens with one attached hydrogen (secondary N) is 1. The summed E-state index contributed by atoms with van der Waals surface area (Å²) in [5.41, 5.74) is 6.57. The lowest BCUT2D eigenvalue weighted by Crippen LogP contribution is -2.21. The molecule has 5 heteroatoms. The van der Waals surface area contributed by atoms with Crippen molar-refractivity contribution in [1.29, 1.82) is 0 Å². The lowest BCUT2D eigenvalue weighted by atomic mass is 10.0. The van der Waals surface area contributed by atoms with Gasteiger partial charge in [-0.1, -0.05) is 6.07 Å². The number of anilines is 1. The van der Waals surface area contributed by atoms with Gasteiger partial charge in [-0.25, -0.2) is 0 Å². The van der Waals surface area contributed by atoms with Crippen LogP contribution in [0.5, 0.6) is 0 Å². The van der Waals surface area contributed by atoms with Gasteiger partial charge in [0, 0.05) is 16.6 Å². The van der Waals surface area contributed by atoms with Crippen LogP contribution in [0.4, 0.5) is 5.69 Å². The summed E-state index contributed by atoms with van der Waals surface area (Å²) in [6, 6.07) is 9.72. The SMILES string of the molecule is Cc1cc(C)cc(NC(=O)COC(=O)Cc2coc3cc(C)c(C)cc23)c1.